The fraction of sp³-hybridized carbons (Fsp3) is 0.382. The zero-order valence-electron chi connectivity index (χ0n) is 56.9. The van der Waals surface area contributed by atoms with Gasteiger partial charge in [-0.2, -0.15) is 0 Å². The first kappa shape index (κ1) is 74.3. The van der Waals surface area contributed by atoms with Crippen LogP contribution < -0.4 is 0 Å². The zero-order valence-corrected chi connectivity index (χ0v) is 59.9. The molecule has 24 nitrogen and oxygen atoms in total. The summed E-state index contributed by atoms with van der Waals surface area (Å²) in [5.74, 6) is 0.396. The van der Waals surface area contributed by atoms with Crippen LogP contribution in [0.4, 0.5) is 0 Å². The van der Waals surface area contributed by atoms with E-state index in [-0.39, 0.29) is 122 Å². The third-order valence-electron chi connectivity index (χ3n) is 14.8. The number of H-pyrrole nitrogens is 2. The van der Waals surface area contributed by atoms with Crippen molar-refractivity contribution >= 4 is 112 Å². The maximum absolute atomic E-state index is 9.62. The molecule has 516 valence electrons. The van der Waals surface area contributed by atoms with Crippen LogP contribution in [0.1, 0.15) is 159 Å². The molecule has 0 fully saturated rings. The fourth-order valence-corrected chi connectivity index (χ4v) is 10.9. The Bertz CT molecular complexity index is 4840. The average molecular weight is 1410 g/mol. The molecule has 0 spiro atoms. The number of phenolic OH excluding ortho intramolecular Hbond substituents is 12. The summed E-state index contributed by atoms with van der Waals surface area (Å²) in [7, 11) is 3.75. The third-order valence-corrected chi connectivity index (χ3v) is 16.2. The smallest absolute Gasteiger partial charge is 0.189 e. The highest BCUT2D eigenvalue weighted by Gasteiger charge is 2.30. The van der Waals surface area contributed by atoms with Gasteiger partial charge < -0.3 is 89.4 Å². The standard InChI is InChI=1S/C12H15ClN2O2.C12H16N2O2.C11H13ClN2O2.2C11H12ClNO3.C11H14N2O2/c1-12(2,3)11-14-6-5-7(16)10(17)8(13)9(6)15(11)4;1-12(2,3)11-13-7-5-9(15)10(16)6-8(7)14(11)4;1-11(2,3)10-13-5-4-6(15)9(16)7(12)8(5)14-10;1-11(2,3)10-5-4-6(14)8(15)7(12)9(5)16-13-10;1-11(2,3)10-7-6(16-13-10)4-5(14)9(15)8(7)12;1-11(2,3)10-12-6-4-8(14)9(15)5-7(6)13-10/h5,16-17H,1-4H3;5-6,15-16H,1-4H3;4,15-16H,1-3H3,(H,13,14);2*4,14-15H,1-3H3;4-5,14-15H,1-3H3,(H,12,13). The van der Waals surface area contributed by atoms with Crippen LogP contribution in [0.25, 0.3) is 66.1 Å². The third kappa shape index (κ3) is 15.4. The summed E-state index contributed by atoms with van der Waals surface area (Å²) in [5.41, 5.74) is 6.31. The minimum Gasteiger partial charge on any atom is -0.504 e. The number of nitrogens with one attached hydrogen (secondary N) is 2. The van der Waals surface area contributed by atoms with Gasteiger partial charge in [0.1, 0.15) is 43.9 Å². The van der Waals surface area contributed by atoms with Crippen LogP contribution in [0.2, 0.25) is 20.1 Å². The molecule has 6 aromatic carbocycles. The van der Waals surface area contributed by atoms with Gasteiger partial charge in [0.25, 0.3) is 0 Å². The number of imidazole rings is 4. The van der Waals surface area contributed by atoms with Crippen molar-refractivity contribution in [1.82, 2.24) is 49.4 Å². The molecule has 6 heterocycles. The van der Waals surface area contributed by atoms with Crippen LogP contribution in [0, 0.1) is 0 Å². The van der Waals surface area contributed by atoms with Crippen LogP contribution in [-0.2, 0) is 46.6 Å². The lowest BCUT2D eigenvalue weighted by Crippen LogP contribution is -2.17. The highest BCUT2D eigenvalue weighted by atomic mass is 35.5. The van der Waals surface area contributed by atoms with Crippen molar-refractivity contribution in [2.75, 3.05) is 0 Å². The highest BCUT2D eigenvalue weighted by molar-refractivity contribution is 6.38. The van der Waals surface area contributed by atoms with Gasteiger partial charge in [-0.15, -0.1) is 0 Å². The molecular weight excluding hydrogens is 1320 g/mol. The van der Waals surface area contributed by atoms with Gasteiger partial charge >= 0.3 is 0 Å². The molecule has 0 saturated carbocycles. The lowest BCUT2D eigenvalue weighted by atomic mass is 9.90. The van der Waals surface area contributed by atoms with E-state index >= 15 is 0 Å². The van der Waals surface area contributed by atoms with E-state index in [1.54, 1.807) is 0 Å². The number of halogens is 4. The van der Waals surface area contributed by atoms with E-state index in [0.29, 0.717) is 66.4 Å². The second-order valence-corrected chi connectivity index (χ2v) is 30.7. The Kier molecular flexibility index (Phi) is 20.5. The minimum atomic E-state index is -0.384. The van der Waals surface area contributed by atoms with Crippen molar-refractivity contribution < 1.29 is 70.3 Å². The van der Waals surface area contributed by atoms with Crippen molar-refractivity contribution in [3.8, 4) is 69.0 Å². The lowest BCUT2D eigenvalue weighted by molar-refractivity contribution is 0.400. The van der Waals surface area contributed by atoms with Gasteiger partial charge in [-0.3, -0.25) is 0 Å². The summed E-state index contributed by atoms with van der Waals surface area (Å²) in [4.78, 5) is 23.8. The number of aryl methyl sites for hydroxylation is 2. The van der Waals surface area contributed by atoms with Crippen LogP contribution >= 0.6 is 46.4 Å². The maximum atomic E-state index is 9.62. The topological polar surface area (TPSA) is 388 Å². The summed E-state index contributed by atoms with van der Waals surface area (Å²) < 4.78 is 14.0. The first-order valence-electron chi connectivity index (χ1n) is 29.9. The Hall–Kier alpha value is -9.10. The van der Waals surface area contributed by atoms with Gasteiger partial charge in [0.15, 0.2) is 80.2 Å². The largest absolute Gasteiger partial charge is 0.504 e. The summed E-state index contributed by atoms with van der Waals surface area (Å²) >= 11 is 23.8. The molecule has 6 aromatic heterocycles. The highest BCUT2D eigenvalue weighted by Crippen LogP contribution is 2.46. The monoisotopic (exact) mass is 1400 g/mol. The number of aromatic hydroxyl groups is 12. The van der Waals surface area contributed by atoms with Gasteiger partial charge in [-0.1, -0.05) is 181 Å². The normalized spacial score (nSPS) is 12.2. The number of benzene rings is 6. The Morgan fingerprint density at radius 3 is 1.34 bits per heavy atom. The Morgan fingerprint density at radius 2 is 0.792 bits per heavy atom. The van der Waals surface area contributed by atoms with E-state index in [1.165, 1.54) is 48.5 Å². The molecule has 28 heteroatoms. The fourth-order valence-electron chi connectivity index (χ4n) is 9.80. The summed E-state index contributed by atoms with van der Waals surface area (Å²) in [6.07, 6.45) is 0. The lowest BCUT2D eigenvalue weighted by Gasteiger charge is -2.17. The van der Waals surface area contributed by atoms with Gasteiger partial charge in [-0.05, 0) is 6.07 Å². The number of nitrogens with zero attached hydrogens (tertiary/aromatic N) is 8. The van der Waals surface area contributed by atoms with Crippen LogP contribution in [0.5, 0.6) is 69.0 Å². The number of aromatic nitrogens is 10. The molecule has 96 heavy (non-hydrogen) atoms. The molecule has 0 unspecified atom stereocenters. The molecule has 0 aliphatic heterocycles. The predicted molar refractivity (Wildman–Crippen MR) is 374 cm³/mol. The number of fused-ring (bicyclic) bond motifs is 6. The van der Waals surface area contributed by atoms with Crippen molar-refractivity contribution in [1.29, 1.82) is 0 Å². The molecule has 12 aromatic rings. The summed E-state index contributed by atoms with van der Waals surface area (Å²) in [5, 5.41) is 123. The van der Waals surface area contributed by atoms with Crippen molar-refractivity contribution in [2.45, 2.75) is 157 Å². The van der Waals surface area contributed by atoms with E-state index in [4.69, 9.17) is 55.4 Å². The van der Waals surface area contributed by atoms with Crippen molar-refractivity contribution in [2.24, 2.45) is 14.1 Å². The van der Waals surface area contributed by atoms with Crippen molar-refractivity contribution in [3.63, 3.8) is 0 Å². The average Bonchev–Trinajstić information content (AvgIpc) is 1.62. The molecule has 14 N–H and O–H groups in total. The molecule has 0 radical (unpaired) electrons. The summed E-state index contributed by atoms with van der Waals surface area (Å²) in [6, 6.07) is 11.5. The van der Waals surface area contributed by atoms with E-state index in [0.717, 1.165) is 34.3 Å². The Morgan fingerprint density at radius 1 is 0.375 bits per heavy atom. The Labute approximate surface area is 572 Å². The van der Waals surface area contributed by atoms with E-state index in [9.17, 15) is 61.3 Å². The number of hydrogen-bond acceptors (Lipinski definition) is 20. The number of phenols is 12. The van der Waals surface area contributed by atoms with Crippen LogP contribution in [0.3, 0.4) is 0 Å². The molecular formula is C68H82Cl4N10O14. The molecule has 0 aliphatic rings. The van der Waals surface area contributed by atoms with E-state index < -0.39 is 0 Å². The molecule has 0 saturated heterocycles. The van der Waals surface area contributed by atoms with Gasteiger partial charge in [0, 0.05) is 89.0 Å². The van der Waals surface area contributed by atoms with Crippen LogP contribution in [0.15, 0.2) is 57.6 Å². The first-order valence-corrected chi connectivity index (χ1v) is 31.4. The Balaban J connectivity index is 0.000000163. The SMILES string of the molecule is CC(C)(C)c1nc2c(Cl)c(O)c(O)cc2[nH]1.CC(C)(C)c1nc2cc(O)c(O)cc2[nH]1.CC(C)(C)c1noc2c(Cl)c(O)c(O)cc12.CC(C)(C)c1noc2cc(O)c(O)c(Cl)c12.Cn1c(C(C)(C)C)nc2cc(O)c(O)c(Cl)c21.Cn1c(C(C)(C)C)nc2cc(O)c(O)cc21. The van der Waals surface area contributed by atoms with Gasteiger partial charge in [-0.25, -0.2) is 19.9 Å². The number of rotatable bonds is 0. The molecule has 0 amide bonds. The van der Waals surface area contributed by atoms with E-state index in [2.05, 4.69) is 61.0 Å². The maximum Gasteiger partial charge on any atom is 0.189 e. The number of aromatic amines is 2. The minimum absolute atomic E-state index is 0.0157. The predicted octanol–water partition coefficient (Wildman–Crippen LogP) is 16.8. The van der Waals surface area contributed by atoms with Gasteiger partial charge in [0.2, 0.25) is 0 Å². The molecule has 12 rings (SSSR count). The summed E-state index contributed by atoms with van der Waals surface area (Å²) in [6.45, 7) is 36.3. The second-order valence-electron chi connectivity index (χ2n) is 29.2. The zero-order chi connectivity index (χ0) is 72.5. The van der Waals surface area contributed by atoms with Crippen molar-refractivity contribution in [3.05, 3.63) is 103 Å². The second kappa shape index (κ2) is 26.5. The molecule has 0 aliphatic carbocycles. The van der Waals surface area contributed by atoms with Gasteiger partial charge in [0.05, 0.1) is 65.8 Å². The van der Waals surface area contributed by atoms with Crippen LogP contribution in [-0.4, -0.2) is 111 Å². The quantitative estimate of drug-likeness (QED) is 0.0627. The number of hydrogen-bond donors (Lipinski definition) is 14. The molecule has 0 bridgehead atoms. The van der Waals surface area contributed by atoms with E-state index in [1.807, 2.05) is 127 Å². The molecule has 0 atom stereocenters. The first-order chi connectivity index (χ1) is 43.9.